The van der Waals surface area contributed by atoms with Crippen LogP contribution in [-0.4, -0.2) is 55.0 Å². The topological polar surface area (TPSA) is 86.8 Å². The van der Waals surface area contributed by atoms with Gasteiger partial charge in [-0.05, 0) is 50.8 Å². The molecule has 1 saturated heterocycles. The van der Waals surface area contributed by atoms with Crippen LogP contribution in [0.15, 0.2) is 24.3 Å². The SMILES string of the molecule is CCc1ccc(N2C(=O)CN(S(=O)(=O)CC)CC2(C)C(=O)NC2CCCCCC2)cc1. The zero-order chi connectivity index (χ0) is 22.6. The number of benzene rings is 1. The molecule has 0 aromatic heterocycles. The Balaban J connectivity index is 1.96. The molecule has 31 heavy (non-hydrogen) atoms. The molecule has 1 aromatic rings. The average molecular weight is 450 g/mol. The number of nitrogens with one attached hydrogen (secondary N) is 1. The maximum atomic E-state index is 13.6. The number of hydrogen-bond acceptors (Lipinski definition) is 4. The summed E-state index contributed by atoms with van der Waals surface area (Å²) >= 11 is 0. The maximum absolute atomic E-state index is 13.6. The van der Waals surface area contributed by atoms with Gasteiger partial charge in [-0.15, -0.1) is 0 Å². The number of rotatable bonds is 6. The van der Waals surface area contributed by atoms with Gasteiger partial charge in [-0.2, -0.15) is 4.31 Å². The highest BCUT2D eigenvalue weighted by atomic mass is 32.2. The standard InChI is InChI=1S/C23H35N3O4S/c1-4-18-12-14-20(15-13-18)26-21(27)16-25(31(29,30)5-2)17-23(26,3)22(28)24-19-10-8-6-7-9-11-19/h12-15,19H,4-11,16-17H2,1-3H3,(H,24,28). The van der Waals surface area contributed by atoms with Gasteiger partial charge in [0.1, 0.15) is 5.54 Å². The summed E-state index contributed by atoms with van der Waals surface area (Å²) in [5.74, 6) is -0.777. The first-order chi connectivity index (χ1) is 14.7. The summed E-state index contributed by atoms with van der Waals surface area (Å²) in [6, 6.07) is 7.64. The van der Waals surface area contributed by atoms with E-state index in [1.54, 1.807) is 13.8 Å². The van der Waals surface area contributed by atoms with Gasteiger partial charge in [-0.1, -0.05) is 44.7 Å². The Kier molecular flexibility index (Phi) is 7.42. The van der Waals surface area contributed by atoms with Crippen LogP contribution >= 0.6 is 0 Å². The molecule has 1 atom stereocenters. The van der Waals surface area contributed by atoms with Crippen molar-refractivity contribution in [2.24, 2.45) is 0 Å². The van der Waals surface area contributed by atoms with Crippen LogP contribution in [0.2, 0.25) is 0 Å². The van der Waals surface area contributed by atoms with E-state index in [1.807, 2.05) is 24.3 Å². The lowest BCUT2D eigenvalue weighted by Gasteiger charge is -2.47. The van der Waals surface area contributed by atoms with Crippen LogP contribution in [0.25, 0.3) is 0 Å². The van der Waals surface area contributed by atoms with Crippen molar-refractivity contribution in [3.8, 4) is 0 Å². The van der Waals surface area contributed by atoms with E-state index in [9.17, 15) is 18.0 Å². The van der Waals surface area contributed by atoms with Gasteiger partial charge >= 0.3 is 0 Å². The zero-order valence-corrected chi connectivity index (χ0v) is 19.7. The van der Waals surface area contributed by atoms with Crippen molar-refractivity contribution < 1.29 is 18.0 Å². The third kappa shape index (κ3) is 5.12. The van der Waals surface area contributed by atoms with Crippen molar-refractivity contribution in [3.63, 3.8) is 0 Å². The molecule has 1 N–H and O–H groups in total. The van der Waals surface area contributed by atoms with Crippen molar-refractivity contribution in [2.45, 2.75) is 77.3 Å². The largest absolute Gasteiger partial charge is 0.351 e. The first kappa shape index (κ1) is 23.7. The molecule has 2 amide bonds. The van der Waals surface area contributed by atoms with Gasteiger partial charge in [0.05, 0.1) is 12.3 Å². The highest BCUT2D eigenvalue weighted by Crippen LogP contribution is 2.32. The molecule has 1 aliphatic heterocycles. The summed E-state index contributed by atoms with van der Waals surface area (Å²) in [6.07, 6.45) is 7.17. The summed E-state index contributed by atoms with van der Waals surface area (Å²) in [5.41, 5.74) is 0.430. The minimum atomic E-state index is -3.61. The molecule has 0 spiro atoms. The third-order valence-electron chi connectivity index (χ3n) is 6.58. The fourth-order valence-corrected chi connectivity index (χ4v) is 5.71. The summed E-state index contributed by atoms with van der Waals surface area (Å²) in [6.45, 7) is 4.99. The van der Waals surface area contributed by atoms with Gasteiger partial charge in [0.15, 0.2) is 0 Å². The lowest BCUT2D eigenvalue weighted by molar-refractivity contribution is -0.133. The van der Waals surface area contributed by atoms with Crippen LogP contribution in [0.4, 0.5) is 5.69 Å². The number of carbonyl (C=O) groups excluding carboxylic acids is 2. The smallest absolute Gasteiger partial charge is 0.247 e. The molecule has 3 rings (SSSR count). The Morgan fingerprint density at radius 2 is 1.71 bits per heavy atom. The van der Waals surface area contributed by atoms with E-state index < -0.39 is 15.6 Å². The van der Waals surface area contributed by atoms with Crippen LogP contribution in [-0.2, 0) is 26.0 Å². The normalized spacial score (nSPS) is 24.1. The Bertz CT molecular complexity index is 892. The molecule has 172 valence electrons. The molecule has 2 fully saturated rings. The third-order valence-corrected chi connectivity index (χ3v) is 8.35. The molecule has 1 aliphatic carbocycles. The second-order valence-corrected chi connectivity index (χ2v) is 11.1. The van der Waals surface area contributed by atoms with E-state index >= 15 is 0 Å². The van der Waals surface area contributed by atoms with Gasteiger partial charge < -0.3 is 5.32 Å². The highest BCUT2D eigenvalue weighted by Gasteiger charge is 2.50. The summed E-state index contributed by atoms with van der Waals surface area (Å²) < 4.78 is 26.4. The second-order valence-electron chi connectivity index (χ2n) is 8.85. The number of piperazine rings is 1. The predicted molar refractivity (Wildman–Crippen MR) is 122 cm³/mol. The first-order valence-electron chi connectivity index (χ1n) is 11.4. The molecule has 0 radical (unpaired) electrons. The number of carbonyl (C=O) groups is 2. The Hall–Kier alpha value is -1.93. The van der Waals surface area contributed by atoms with E-state index in [2.05, 4.69) is 12.2 Å². The van der Waals surface area contributed by atoms with Crippen LogP contribution in [0.5, 0.6) is 0 Å². The molecule has 8 heteroatoms. The lowest BCUT2D eigenvalue weighted by atomic mass is 9.93. The van der Waals surface area contributed by atoms with Crippen molar-refractivity contribution in [2.75, 3.05) is 23.7 Å². The number of hydrogen-bond donors (Lipinski definition) is 1. The molecule has 1 heterocycles. The van der Waals surface area contributed by atoms with Gasteiger partial charge in [0.25, 0.3) is 0 Å². The van der Waals surface area contributed by atoms with E-state index in [0.29, 0.717) is 5.69 Å². The van der Waals surface area contributed by atoms with Crippen molar-refractivity contribution in [3.05, 3.63) is 29.8 Å². The van der Waals surface area contributed by atoms with Crippen LogP contribution in [0.3, 0.4) is 0 Å². The van der Waals surface area contributed by atoms with Crippen LogP contribution < -0.4 is 10.2 Å². The molecule has 1 unspecified atom stereocenters. The van der Waals surface area contributed by atoms with E-state index in [4.69, 9.17) is 0 Å². The molecule has 1 saturated carbocycles. The number of aryl methyl sites for hydroxylation is 1. The number of amides is 2. The minimum Gasteiger partial charge on any atom is -0.351 e. The highest BCUT2D eigenvalue weighted by molar-refractivity contribution is 7.89. The Labute approximate surface area is 186 Å². The summed E-state index contributed by atoms with van der Waals surface area (Å²) in [7, 11) is -3.61. The van der Waals surface area contributed by atoms with Crippen molar-refractivity contribution in [1.29, 1.82) is 0 Å². The number of nitrogens with zero attached hydrogens (tertiary/aromatic N) is 2. The average Bonchev–Trinajstić information content (AvgIpc) is 3.02. The van der Waals surface area contributed by atoms with Crippen LogP contribution in [0, 0.1) is 0 Å². The fraction of sp³-hybridized carbons (Fsp3) is 0.652. The fourth-order valence-electron chi connectivity index (χ4n) is 4.59. The van der Waals surface area contributed by atoms with Gasteiger partial charge in [0, 0.05) is 18.3 Å². The lowest BCUT2D eigenvalue weighted by Crippen LogP contribution is -2.70. The van der Waals surface area contributed by atoms with Crippen LogP contribution in [0.1, 0.15) is 64.9 Å². The summed E-state index contributed by atoms with van der Waals surface area (Å²) in [4.78, 5) is 28.3. The minimum absolute atomic E-state index is 0.0526. The van der Waals surface area contributed by atoms with Crippen molar-refractivity contribution >= 4 is 27.5 Å². The molecule has 2 aliphatic rings. The predicted octanol–water partition coefficient (Wildman–Crippen LogP) is 2.84. The molecule has 0 bridgehead atoms. The second kappa shape index (κ2) is 9.69. The Morgan fingerprint density at radius 1 is 1.10 bits per heavy atom. The number of sulfonamides is 1. The van der Waals surface area contributed by atoms with Crippen molar-refractivity contribution in [1.82, 2.24) is 9.62 Å². The molecule has 7 nitrogen and oxygen atoms in total. The van der Waals surface area contributed by atoms with E-state index in [0.717, 1.165) is 37.7 Å². The molecule has 1 aromatic carbocycles. The number of anilines is 1. The first-order valence-corrected chi connectivity index (χ1v) is 13.0. The van der Waals surface area contributed by atoms with Gasteiger partial charge in [-0.3, -0.25) is 14.5 Å². The Morgan fingerprint density at radius 3 is 2.26 bits per heavy atom. The van der Waals surface area contributed by atoms with Gasteiger partial charge in [-0.25, -0.2) is 8.42 Å². The zero-order valence-electron chi connectivity index (χ0n) is 18.9. The van der Waals surface area contributed by atoms with Gasteiger partial charge in [0.2, 0.25) is 21.8 Å². The molecular weight excluding hydrogens is 414 g/mol. The quantitative estimate of drug-likeness (QED) is 0.677. The monoisotopic (exact) mass is 449 g/mol. The van der Waals surface area contributed by atoms with E-state index in [1.165, 1.54) is 22.0 Å². The van der Waals surface area contributed by atoms with E-state index in [-0.39, 0.29) is 36.7 Å². The maximum Gasteiger partial charge on any atom is 0.247 e. The molecular formula is C23H35N3O4S. The summed E-state index contributed by atoms with van der Waals surface area (Å²) in [5, 5.41) is 3.15.